The van der Waals surface area contributed by atoms with Crippen molar-refractivity contribution in [3.8, 4) is 5.75 Å². The fourth-order valence-electron chi connectivity index (χ4n) is 2.36. The standard InChI is InChI=1S/C16H19NO4/c1-2-11-21-14-5-3-12(4-6-14)15(18)17-9-7-13(8-10-17)16(19)20/h2-6,13H,1,7-11H2,(H,19,20). The van der Waals surface area contributed by atoms with Crippen LogP contribution in [-0.2, 0) is 4.79 Å². The molecule has 1 aromatic carbocycles. The molecule has 1 aliphatic rings. The van der Waals surface area contributed by atoms with Crippen molar-refractivity contribution in [1.82, 2.24) is 4.90 Å². The molecule has 112 valence electrons. The predicted molar refractivity (Wildman–Crippen MR) is 78.4 cm³/mol. The van der Waals surface area contributed by atoms with Gasteiger partial charge in [0.05, 0.1) is 5.92 Å². The SMILES string of the molecule is C=CCOc1ccc(C(=O)N2CCC(C(=O)O)CC2)cc1. The number of carbonyl (C=O) groups is 2. The Bertz CT molecular complexity index is 516. The van der Waals surface area contributed by atoms with Gasteiger partial charge in [0.2, 0.25) is 0 Å². The molecule has 5 nitrogen and oxygen atoms in total. The number of benzene rings is 1. The lowest BCUT2D eigenvalue weighted by molar-refractivity contribution is -0.143. The molecule has 2 rings (SSSR count). The summed E-state index contributed by atoms with van der Waals surface area (Å²) >= 11 is 0. The number of carboxylic acids is 1. The summed E-state index contributed by atoms with van der Waals surface area (Å²) in [7, 11) is 0. The zero-order valence-electron chi connectivity index (χ0n) is 11.8. The Hall–Kier alpha value is -2.30. The van der Waals surface area contributed by atoms with Crippen molar-refractivity contribution >= 4 is 11.9 Å². The largest absolute Gasteiger partial charge is 0.490 e. The van der Waals surface area contributed by atoms with Crippen LogP contribution in [0.15, 0.2) is 36.9 Å². The number of nitrogens with zero attached hydrogens (tertiary/aromatic N) is 1. The van der Waals surface area contributed by atoms with Crippen LogP contribution in [0.2, 0.25) is 0 Å². The van der Waals surface area contributed by atoms with Crippen LogP contribution in [0.25, 0.3) is 0 Å². The molecule has 1 N–H and O–H groups in total. The number of hydrogen-bond acceptors (Lipinski definition) is 3. The van der Waals surface area contributed by atoms with E-state index in [0.717, 1.165) is 0 Å². The second-order valence-electron chi connectivity index (χ2n) is 5.03. The van der Waals surface area contributed by atoms with Gasteiger partial charge in [-0.1, -0.05) is 12.7 Å². The molecule has 1 aliphatic heterocycles. The van der Waals surface area contributed by atoms with Gasteiger partial charge >= 0.3 is 5.97 Å². The molecule has 1 heterocycles. The Morgan fingerprint density at radius 1 is 1.29 bits per heavy atom. The highest BCUT2D eigenvalue weighted by atomic mass is 16.5. The van der Waals surface area contributed by atoms with E-state index in [4.69, 9.17) is 9.84 Å². The van der Waals surface area contributed by atoms with E-state index in [-0.39, 0.29) is 11.8 Å². The first-order valence-electron chi connectivity index (χ1n) is 6.97. The summed E-state index contributed by atoms with van der Waals surface area (Å²) in [6.07, 6.45) is 2.69. The zero-order valence-corrected chi connectivity index (χ0v) is 11.8. The average molecular weight is 289 g/mol. The number of amides is 1. The fourth-order valence-corrected chi connectivity index (χ4v) is 2.36. The highest BCUT2D eigenvalue weighted by Gasteiger charge is 2.27. The highest BCUT2D eigenvalue weighted by molar-refractivity contribution is 5.94. The molecule has 0 saturated carbocycles. The summed E-state index contributed by atoms with van der Waals surface area (Å²) in [5.41, 5.74) is 0.592. The minimum atomic E-state index is -0.772. The third kappa shape index (κ3) is 3.84. The summed E-state index contributed by atoms with van der Waals surface area (Å²) < 4.78 is 5.37. The van der Waals surface area contributed by atoms with Gasteiger partial charge in [0.1, 0.15) is 12.4 Å². The summed E-state index contributed by atoms with van der Waals surface area (Å²) in [6.45, 7) is 4.98. The van der Waals surface area contributed by atoms with Gasteiger partial charge in [-0.15, -0.1) is 0 Å². The van der Waals surface area contributed by atoms with Gasteiger partial charge in [-0.25, -0.2) is 0 Å². The molecule has 1 fully saturated rings. The molecular formula is C16H19NO4. The Labute approximate surface area is 123 Å². The fraction of sp³-hybridized carbons (Fsp3) is 0.375. The number of likely N-dealkylation sites (tertiary alicyclic amines) is 1. The predicted octanol–water partition coefficient (Wildman–Crippen LogP) is 2.19. The number of ether oxygens (including phenoxy) is 1. The van der Waals surface area contributed by atoms with Crippen molar-refractivity contribution in [3.05, 3.63) is 42.5 Å². The molecule has 5 heteroatoms. The lowest BCUT2D eigenvalue weighted by Crippen LogP contribution is -2.40. The molecular weight excluding hydrogens is 270 g/mol. The van der Waals surface area contributed by atoms with E-state index < -0.39 is 5.97 Å². The van der Waals surface area contributed by atoms with E-state index >= 15 is 0 Å². The van der Waals surface area contributed by atoms with Crippen molar-refractivity contribution in [2.75, 3.05) is 19.7 Å². The van der Waals surface area contributed by atoms with Crippen LogP contribution in [0.3, 0.4) is 0 Å². The van der Waals surface area contributed by atoms with Crippen molar-refractivity contribution in [2.45, 2.75) is 12.8 Å². The molecule has 0 radical (unpaired) electrons. The molecule has 21 heavy (non-hydrogen) atoms. The monoisotopic (exact) mass is 289 g/mol. The van der Waals surface area contributed by atoms with Crippen molar-refractivity contribution in [2.24, 2.45) is 5.92 Å². The second-order valence-corrected chi connectivity index (χ2v) is 5.03. The third-order valence-electron chi connectivity index (χ3n) is 3.60. The van der Waals surface area contributed by atoms with Crippen LogP contribution in [0.4, 0.5) is 0 Å². The molecule has 0 unspecified atom stereocenters. The minimum Gasteiger partial charge on any atom is -0.490 e. The number of aliphatic carboxylic acids is 1. The number of carbonyl (C=O) groups excluding carboxylic acids is 1. The quantitative estimate of drug-likeness (QED) is 0.844. The smallest absolute Gasteiger partial charge is 0.306 e. The van der Waals surface area contributed by atoms with Gasteiger partial charge in [0, 0.05) is 18.7 Å². The van der Waals surface area contributed by atoms with Gasteiger partial charge in [-0.2, -0.15) is 0 Å². The molecule has 1 amide bonds. The summed E-state index contributed by atoms with van der Waals surface area (Å²) in [4.78, 5) is 24.9. The molecule has 1 aromatic rings. The topological polar surface area (TPSA) is 66.8 Å². The van der Waals surface area contributed by atoms with E-state index in [0.29, 0.717) is 43.9 Å². The third-order valence-corrected chi connectivity index (χ3v) is 3.60. The Balaban J connectivity index is 1.94. The van der Waals surface area contributed by atoms with Crippen molar-refractivity contribution in [3.63, 3.8) is 0 Å². The highest BCUT2D eigenvalue weighted by Crippen LogP contribution is 2.20. The maximum atomic E-state index is 12.3. The summed E-state index contributed by atoms with van der Waals surface area (Å²) in [5.74, 6) is -0.473. The number of piperidine rings is 1. The Morgan fingerprint density at radius 2 is 1.90 bits per heavy atom. The van der Waals surface area contributed by atoms with E-state index in [1.807, 2.05) is 0 Å². The molecule has 0 aromatic heterocycles. The maximum absolute atomic E-state index is 12.3. The molecule has 0 spiro atoms. The first-order chi connectivity index (χ1) is 10.1. The lowest BCUT2D eigenvalue weighted by Gasteiger charge is -2.30. The number of rotatable bonds is 5. The molecule has 1 saturated heterocycles. The van der Waals surface area contributed by atoms with Crippen LogP contribution >= 0.6 is 0 Å². The van der Waals surface area contributed by atoms with Gasteiger partial charge in [-0.05, 0) is 37.1 Å². The van der Waals surface area contributed by atoms with E-state index in [2.05, 4.69) is 6.58 Å². The van der Waals surface area contributed by atoms with Crippen molar-refractivity contribution < 1.29 is 19.4 Å². The summed E-state index contributed by atoms with van der Waals surface area (Å²) in [5, 5.41) is 8.96. The molecule has 0 aliphatic carbocycles. The van der Waals surface area contributed by atoms with Crippen LogP contribution in [0, 0.1) is 5.92 Å². The van der Waals surface area contributed by atoms with Crippen molar-refractivity contribution in [1.29, 1.82) is 0 Å². The average Bonchev–Trinajstić information content (AvgIpc) is 2.53. The normalized spacial score (nSPS) is 15.5. The van der Waals surface area contributed by atoms with E-state index in [1.165, 1.54) is 0 Å². The number of hydrogen-bond donors (Lipinski definition) is 1. The Kier molecular flexibility index (Phi) is 4.98. The lowest BCUT2D eigenvalue weighted by atomic mass is 9.96. The first-order valence-corrected chi connectivity index (χ1v) is 6.97. The van der Waals surface area contributed by atoms with Crippen LogP contribution in [0.1, 0.15) is 23.2 Å². The second kappa shape index (κ2) is 6.92. The number of carboxylic acid groups (broad SMARTS) is 1. The van der Waals surface area contributed by atoms with Crippen LogP contribution in [0.5, 0.6) is 5.75 Å². The first kappa shape index (κ1) is 15.1. The zero-order chi connectivity index (χ0) is 15.2. The molecule has 0 bridgehead atoms. The van der Waals surface area contributed by atoms with Gasteiger partial charge in [0.25, 0.3) is 5.91 Å². The Morgan fingerprint density at radius 3 is 2.43 bits per heavy atom. The van der Waals surface area contributed by atoms with E-state index in [1.54, 1.807) is 35.2 Å². The maximum Gasteiger partial charge on any atom is 0.306 e. The van der Waals surface area contributed by atoms with Gasteiger partial charge < -0.3 is 14.7 Å². The summed E-state index contributed by atoms with van der Waals surface area (Å²) in [6, 6.07) is 6.95. The minimum absolute atomic E-state index is 0.0610. The molecule has 0 atom stereocenters. The van der Waals surface area contributed by atoms with Crippen LogP contribution in [-0.4, -0.2) is 41.6 Å². The van der Waals surface area contributed by atoms with Gasteiger partial charge in [-0.3, -0.25) is 9.59 Å². The van der Waals surface area contributed by atoms with E-state index in [9.17, 15) is 9.59 Å². The van der Waals surface area contributed by atoms with Gasteiger partial charge in [0.15, 0.2) is 0 Å². The van der Waals surface area contributed by atoms with Crippen LogP contribution < -0.4 is 4.74 Å².